The number of hydrogen-bond acceptors (Lipinski definition) is 3. The Balaban J connectivity index is 2.01. The van der Waals surface area contributed by atoms with Crippen molar-refractivity contribution in [1.29, 1.82) is 0 Å². The second-order valence-electron chi connectivity index (χ2n) is 4.60. The third-order valence-corrected chi connectivity index (χ3v) is 3.11. The maximum absolute atomic E-state index is 5.84. The fourth-order valence-corrected chi connectivity index (χ4v) is 1.97. The lowest BCUT2D eigenvalue weighted by molar-refractivity contribution is 0.305. The number of ether oxygens (including phenoxy) is 3. The summed E-state index contributed by atoms with van der Waals surface area (Å²) in [6, 6.07) is 5.92. The van der Waals surface area contributed by atoms with Gasteiger partial charge in [0, 0.05) is 0 Å². The normalized spacial score (nSPS) is 14.2. The summed E-state index contributed by atoms with van der Waals surface area (Å²) in [7, 11) is 3.33. The molecule has 0 heterocycles. The predicted octanol–water partition coefficient (Wildman–Crippen LogP) is 3.80. The Labute approximate surface area is 120 Å². The van der Waals surface area contributed by atoms with Gasteiger partial charge >= 0.3 is 0 Å². The molecule has 106 valence electrons. The van der Waals surface area contributed by atoms with Crippen LogP contribution in [-0.2, 0) is 4.74 Å². The van der Waals surface area contributed by atoms with Crippen molar-refractivity contribution in [2.75, 3.05) is 20.8 Å². The zero-order valence-electron chi connectivity index (χ0n) is 12.2. The Kier molecular flexibility index (Phi) is 4.88. The average Bonchev–Trinajstić information content (AvgIpc) is 2.71. The Morgan fingerprint density at radius 2 is 1.85 bits per heavy atom. The highest BCUT2D eigenvalue weighted by Gasteiger charge is 2.06. The van der Waals surface area contributed by atoms with E-state index in [-0.39, 0.29) is 0 Å². The van der Waals surface area contributed by atoms with E-state index in [1.54, 1.807) is 14.2 Å². The average molecular weight is 272 g/mol. The molecule has 1 aromatic carbocycles. The fraction of sp³-hybridized carbons (Fsp3) is 0.294. The van der Waals surface area contributed by atoms with Crippen LogP contribution >= 0.6 is 0 Å². The molecule has 1 aliphatic rings. The van der Waals surface area contributed by atoms with E-state index >= 15 is 0 Å². The van der Waals surface area contributed by atoms with Gasteiger partial charge in [0.25, 0.3) is 0 Å². The van der Waals surface area contributed by atoms with E-state index < -0.39 is 0 Å². The molecule has 1 aromatic rings. The summed E-state index contributed by atoms with van der Waals surface area (Å²) in [5.41, 5.74) is 2.27. The van der Waals surface area contributed by atoms with Gasteiger partial charge < -0.3 is 14.2 Å². The van der Waals surface area contributed by atoms with Gasteiger partial charge in [0.2, 0.25) is 0 Å². The maximum atomic E-state index is 5.84. The Morgan fingerprint density at radius 3 is 2.60 bits per heavy atom. The number of allylic oxidation sites excluding steroid dienone is 3. The second-order valence-corrected chi connectivity index (χ2v) is 4.60. The first-order valence-electron chi connectivity index (χ1n) is 6.61. The Bertz CT molecular complexity index is 553. The lowest BCUT2D eigenvalue weighted by atomic mass is 10.2. The van der Waals surface area contributed by atoms with E-state index in [2.05, 4.69) is 6.08 Å². The summed E-state index contributed by atoms with van der Waals surface area (Å²) in [4.78, 5) is 0. The van der Waals surface area contributed by atoms with Gasteiger partial charge in [-0.2, -0.15) is 0 Å². The smallest absolute Gasteiger partial charge is 0.161 e. The molecule has 20 heavy (non-hydrogen) atoms. The Morgan fingerprint density at radius 1 is 1.00 bits per heavy atom. The van der Waals surface area contributed by atoms with Crippen molar-refractivity contribution in [1.82, 2.24) is 0 Å². The molecule has 0 aromatic heterocycles. The van der Waals surface area contributed by atoms with E-state index in [0.29, 0.717) is 6.61 Å². The third-order valence-electron chi connectivity index (χ3n) is 3.11. The van der Waals surface area contributed by atoms with Gasteiger partial charge in [0.1, 0.15) is 12.4 Å². The highest BCUT2D eigenvalue weighted by Crippen LogP contribution is 2.28. The van der Waals surface area contributed by atoms with E-state index in [9.17, 15) is 0 Å². The Hall–Kier alpha value is -2.16. The van der Waals surface area contributed by atoms with Crippen LogP contribution < -0.4 is 9.47 Å². The second kappa shape index (κ2) is 6.85. The molecule has 0 radical (unpaired) electrons. The zero-order valence-corrected chi connectivity index (χ0v) is 12.2. The number of methoxy groups -OCH3 is 2. The SMILES string of the molecule is COC1=CCC=C(COc2ccc(C)cc2OC)C=C1. The van der Waals surface area contributed by atoms with Crippen LogP contribution in [0.25, 0.3) is 0 Å². The minimum Gasteiger partial charge on any atom is -0.497 e. The molecule has 0 spiro atoms. The first-order valence-corrected chi connectivity index (χ1v) is 6.61. The largest absolute Gasteiger partial charge is 0.497 e. The standard InChI is InChI=1S/C17H20O3/c1-13-7-10-16(17(11-13)19-3)20-12-14-5-4-6-15(18-2)9-8-14/h5-11H,4,12H2,1-3H3. The monoisotopic (exact) mass is 272 g/mol. The van der Waals surface area contributed by atoms with E-state index in [0.717, 1.165) is 34.8 Å². The van der Waals surface area contributed by atoms with Gasteiger partial charge in [0.05, 0.1) is 14.2 Å². The van der Waals surface area contributed by atoms with Crippen LogP contribution in [0, 0.1) is 6.92 Å². The minimum atomic E-state index is 0.515. The van der Waals surface area contributed by atoms with Crippen LogP contribution in [0.2, 0.25) is 0 Å². The minimum absolute atomic E-state index is 0.515. The lowest BCUT2D eigenvalue weighted by Crippen LogP contribution is -2.01. The molecule has 0 bridgehead atoms. The molecule has 0 saturated heterocycles. The van der Waals surface area contributed by atoms with Gasteiger partial charge in [-0.25, -0.2) is 0 Å². The highest BCUT2D eigenvalue weighted by atomic mass is 16.5. The molecule has 3 heteroatoms. The van der Waals surface area contributed by atoms with Crippen molar-refractivity contribution in [3.8, 4) is 11.5 Å². The first kappa shape index (κ1) is 14.3. The van der Waals surface area contributed by atoms with Crippen LogP contribution in [0.15, 0.2) is 53.8 Å². The molecule has 0 aliphatic heterocycles. The molecule has 0 atom stereocenters. The highest BCUT2D eigenvalue weighted by molar-refractivity contribution is 5.43. The fourth-order valence-electron chi connectivity index (χ4n) is 1.97. The molecule has 2 rings (SSSR count). The molecule has 0 fully saturated rings. The van der Waals surface area contributed by atoms with Gasteiger partial charge in [0.15, 0.2) is 11.5 Å². The van der Waals surface area contributed by atoms with Crippen molar-refractivity contribution in [2.45, 2.75) is 13.3 Å². The maximum Gasteiger partial charge on any atom is 0.161 e. The van der Waals surface area contributed by atoms with Gasteiger partial charge in [-0.3, -0.25) is 0 Å². The van der Waals surface area contributed by atoms with Crippen LogP contribution in [-0.4, -0.2) is 20.8 Å². The van der Waals surface area contributed by atoms with Crippen molar-refractivity contribution < 1.29 is 14.2 Å². The molecule has 3 nitrogen and oxygen atoms in total. The van der Waals surface area contributed by atoms with Gasteiger partial charge in [-0.05, 0) is 48.8 Å². The lowest BCUT2D eigenvalue weighted by Gasteiger charge is -2.11. The molecule has 0 amide bonds. The summed E-state index contributed by atoms with van der Waals surface area (Å²) in [5.74, 6) is 2.40. The van der Waals surface area contributed by atoms with Crippen molar-refractivity contribution >= 4 is 0 Å². The van der Waals surface area contributed by atoms with E-state index in [1.807, 2.05) is 43.4 Å². The predicted molar refractivity (Wildman–Crippen MR) is 80.2 cm³/mol. The van der Waals surface area contributed by atoms with Crippen molar-refractivity contribution in [2.24, 2.45) is 0 Å². The number of benzene rings is 1. The van der Waals surface area contributed by atoms with Crippen molar-refractivity contribution in [3.05, 3.63) is 59.4 Å². The topological polar surface area (TPSA) is 27.7 Å². The molecular formula is C17H20O3. The zero-order chi connectivity index (χ0) is 14.4. The summed E-state index contributed by atoms with van der Waals surface area (Å²) in [6.45, 7) is 2.54. The molecular weight excluding hydrogens is 252 g/mol. The summed E-state index contributed by atoms with van der Waals surface area (Å²) < 4.78 is 16.4. The van der Waals surface area contributed by atoms with Gasteiger partial charge in [-0.1, -0.05) is 18.2 Å². The van der Waals surface area contributed by atoms with Crippen LogP contribution in [0.1, 0.15) is 12.0 Å². The van der Waals surface area contributed by atoms with Gasteiger partial charge in [-0.15, -0.1) is 0 Å². The quantitative estimate of drug-likeness (QED) is 0.816. The van der Waals surface area contributed by atoms with Crippen molar-refractivity contribution in [3.63, 3.8) is 0 Å². The molecule has 0 unspecified atom stereocenters. The number of aryl methyl sites for hydroxylation is 1. The molecule has 1 aliphatic carbocycles. The number of hydrogen-bond donors (Lipinski definition) is 0. The summed E-state index contributed by atoms with van der Waals surface area (Å²) in [5, 5.41) is 0. The number of rotatable bonds is 5. The van der Waals surface area contributed by atoms with E-state index in [4.69, 9.17) is 14.2 Å². The molecule has 0 saturated carbocycles. The first-order chi connectivity index (χ1) is 9.72. The van der Waals surface area contributed by atoms with E-state index in [1.165, 1.54) is 0 Å². The van der Waals surface area contributed by atoms with Crippen LogP contribution in [0.5, 0.6) is 11.5 Å². The summed E-state index contributed by atoms with van der Waals surface area (Å²) in [6.07, 6.45) is 8.98. The summed E-state index contributed by atoms with van der Waals surface area (Å²) >= 11 is 0. The van der Waals surface area contributed by atoms with Crippen LogP contribution in [0.3, 0.4) is 0 Å². The van der Waals surface area contributed by atoms with Crippen LogP contribution in [0.4, 0.5) is 0 Å². The molecule has 0 N–H and O–H groups in total. The third kappa shape index (κ3) is 3.67.